The zero-order chi connectivity index (χ0) is 66.1. The molecule has 0 aromatic rings. The molecule has 0 aromatic carbocycles. The highest BCUT2D eigenvalue weighted by Gasteiger charge is 2.25. The Morgan fingerprint density at radius 3 is 0.879 bits per heavy atom. The van der Waals surface area contributed by atoms with Crippen molar-refractivity contribution < 1.29 is 42.9 Å². The molecule has 9 heteroatoms. The Labute approximate surface area is 566 Å². The summed E-state index contributed by atoms with van der Waals surface area (Å²) < 4.78 is 23.0. The molecule has 91 heavy (non-hydrogen) atoms. The van der Waals surface area contributed by atoms with Gasteiger partial charge >= 0.3 is 17.9 Å². The van der Waals surface area contributed by atoms with Gasteiger partial charge in [0.05, 0.1) is 34.4 Å². The van der Waals surface area contributed by atoms with Gasteiger partial charge in [-0.3, -0.25) is 9.59 Å². The minimum absolute atomic E-state index is 0.179. The smallest absolute Gasteiger partial charge is 0.361 e. The maximum atomic E-state index is 13.0. The molecule has 0 saturated heterocycles. The predicted molar refractivity (Wildman–Crippen MR) is 392 cm³/mol. The third kappa shape index (κ3) is 74.8. The maximum absolute atomic E-state index is 13.0. The van der Waals surface area contributed by atoms with Crippen molar-refractivity contribution >= 4 is 17.9 Å². The maximum Gasteiger partial charge on any atom is 0.361 e. The van der Waals surface area contributed by atoms with E-state index in [0.717, 1.165) is 57.8 Å². The highest BCUT2D eigenvalue weighted by atomic mass is 16.7. The van der Waals surface area contributed by atoms with E-state index in [0.29, 0.717) is 17.4 Å². The van der Waals surface area contributed by atoms with Crippen LogP contribution in [-0.4, -0.2) is 87.4 Å². The highest BCUT2D eigenvalue weighted by Crippen LogP contribution is 2.20. The lowest BCUT2D eigenvalue weighted by Crippen LogP contribution is -2.40. The Bertz CT molecular complexity index is 1590. The van der Waals surface area contributed by atoms with Crippen LogP contribution < -0.4 is 0 Å². The van der Waals surface area contributed by atoms with Crippen molar-refractivity contribution in [2.45, 2.75) is 424 Å². The lowest BCUT2D eigenvalue weighted by molar-refractivity contribution is -0.870. The summed E-state index contributed by atoms with van der Waals surface area (Å²) in [6, 6.07) is 0. The first-order valence-corrected chi connectivity index (χ1v) is 40.2. The van der Waals surface area contributed by atoms with Crippen LogP contribution in [0.25, 0.3) is 0 Å². The molecule has 0 spiro atoms. The van der Waals surface area contributed by atoms with Crippen LogP contribution in [0.2, 0.25) is 0 Å². The van der Waals surface area contributed by atoms with Crippen LogP contribution in [-0.2, 0) is 33.3 Å². The van der Waals surface area contributed by atoms with E-state index in [4.69, 9.17) is 18.9 Å². The number of likely N-dealkylation sites (N-methyl/N-ethyl adjacent to an activating group) is 1. The van der Waals surface area contributed by atoms with Crippen LogP contribution in [0.1, 0.15) is 412 Å². The van der Waals surface area contributed by atoms with Gasteiger partial charge in [0, 0.05) is 12.8 Å². The first-order chi connectivity index (χ1) is 44.6. The van der Waals surface area contributed by atoms with E-state index in [2.05, 4.69) is 50.3 Å². The van der Waals surface area contributed by atoms with E-state index in [1.54, 1.807) is 0 Å². The second-order valence-electron chi connectivity index (χ2n) is 28.7. The molecule has 0 aliphatic carbocycles. The van der Waals surface area contributed by atoms with Crippen LogP contribution in [0.3, 0.4) is 0 Å². The second-order valence-corrected chi connectivity index (χ2v) is 28.7. The normalized spacial score (nSPS) is 12.8. The fourth-order valence-corrected chi connectivity index (χ4v) is 12.3. The van der Waals surface area contributed by atoms with Crippen molar-refractivity contribution in [3.63, 3.8) is 0 Å². The first-order valence-electron chi connectivity index (χ1n) is 40.2. The molecule has 0 fully saturated rings. The van der Waals surface area contributed by atoms with Gasteiger partial charge in [0.25, 0.3) is 6.29 Å². The molecule has 0 bridgehead atoms. The lowest BCUT2D eigenvalue weighted by atomic mass is 10.0. The number of carbonyl (C=O) groups is 3. The van der Waals surface area contributed by atoms with Crippen molar-refractivity contribution in [2.24, 2.45) is 0 Å². The average Bonchev–Trinajstić information content (AvgIpc) is 3.46. The fourth-order valence-electron chi connectivity index (χ4n) is 12.3. The summed E-state index contributed by atoms with van der Waals surface area (Å²) in [6.45, 7) is 4.93. The summed E-state index contributed by atoms with van der Waals surface area (Å²) in [5.41, 5.74) is 0. The molecule has 2 unspecified atom stereocenters. The SMILES string of the molecule is CCCCCCC/C=C\C/C=C\C/C=C\CCCCCCCCCCCCC(=O)OC(COC(=O)CCCCCCCCCCCCCCCCCCCCCCCCCCCCCCCCCCCCCCCCCCC)COC(OCC[N+](C)(C)C)C(=O)O. The lowest BCUT2D eigenvalue weighted by Gasteiger charge is -2.25. The Hall–Kier alpha value is -2.49. The number of nitrogens with zero attached hydrogens (tertiary/aromatic N) is 1. The highest BCUT2D eigenvalue weighted by molar-refractivity contribution is 5.71. The van der Waals surface area contributed by atoms with Crippen molar-refractivity contribution in [1.29, 1.82) is 0 Å². The van der Waals surface area contributed by atoms with Gasteiger partial charge < -0.3 is 28.5 Å². The average molecular weight is 1280 g/mol. The van der Waals surface area contributed by atoms with E-state index < -0.39 is 24.3 Å². The number of carboxylic acids is 1. The molecule has 0 radical (unpaired) electrons. The molecule has 2 atom stereocenters. The molecule has 0 aliphatic rings. The van der Waals surface area contributed by atoms with E-state index in [9.17, 15) is 19.5 Å². The standard InChI is InChI=1S/C82H155NO8/c1-6-8-10-12-14-16-18-20-22-24-26-28-30-32-33-34-35-36-37-38-39-40-41-42-43-44-45-46-47-49-50-52-54-56-58-60-62-64-66-68-70-72-79(84)89-76-78(77-90-82(81(86)87)88-75-74-83(3,4)5)91-80(85)73-71-69-67-65-63-61-59-57-55-53-51-48-31-29-27-25-23-21-19-17-15-13-11-9-7-2/h19,21,25,27,31,48,78,82H,6-18,20,22-24,26,28-30,32-47,49-77H2,1-5H3/p+1/b21-19-,27-25-,48-31-. The zero-order valence-corrected chi connectivity index (χ0v) is 61.5. The summed E-state index contributed by atoms with van der Waals surface area (Å²) in [6.07, 6.45) is 91.7. The molecule has 0 aliphatic heterocycles. The van der Waals surface area contributed by atoms with Gasteiger partial charge in [-0.1, -0.05) is 384 Å². The van der Waals surface area contributed by atoms with Gasteiger partial charge in [-0.05, 0) is 51.4 Å². The number of allylic oxidation sites excluding steroid dienone is 6. The number of hydrogen-bond donors (Lipinski definition) is 1. The van der Waals surface area contributed by atoms with Gasteiger partial charge in [0.15, 0.2) is 6.10 Å². The predicted octanol–water partition coefficient (Wildman–Crippen LogP) is 25.5. The van der Waals surface area contributed by atoms with Crippen molar-refractivity contribution in [2.75, 3.05) is 47.5 Å². The summed E-state index contributed by atoms with van der Waals surface area (Å²) in [5.74, 6) is -1.98. The molecule has 9 nitrogen and oxygen atoms in total. The zero-order valence-electron chi connectivity index (χ0n) is 61.5. The van der Waals surface area contributed by atoms with Crippen LogP contribution in [0.15, 0.2) is 36.5 Å². The van der Waals surface area contributed by atoms with Crippen molar-refractivity contribution in [3.05, 3.63) is 36.5 Å². The van der Waals surface area contributed by atoms with Gasteiger partial charge in [0.1, 0.15) is 13.2 Å². The number of unbranched alkanes of at least 4 members (excludes halogenated alkanes) is 55. The molecular weight excluding hydrogens is 1130 g/mol. The monoisotopic (exact) mass is 1280 g/mol. The number of aliphatic carboxylic acids is 1. The summed E-state index contributed by atoms with van der Waals surface area (Å²) >= 11 is 0. The van der Waals surface area contributed by atoms with E-state index in [1.165, 1.54) is 327 Å². The topological polar surface area (TPSA) is 108 Å². The van der Waals surface area contributed by atoms with Gasteiger partial charge in [-0.2, -0.15) is 0 Å². The molecule has 0 rings (SSSR count). The van der Waals surface area contributed by atoms with Crippen molar-refractivity contribution in [3.8, 4) is 0 Å². The largest absolute Gasteiger partial charge is 0.477 e. The first kappa shape index (κ1) is 88.5. The van der Waals surface area contributed by atoms with E-state index in [-0.39, 0.29) is 32.2 Å². The Morgan fingerprint density at radius 1 is 0.330 bits per heavy atom. The number of quaternary nitrogens is 1. The minimum atomic E-state index is -1.51. The van der Waals surface area contributed by atoms with Crippen LogP contribution in [0, 0.1) is 0 Å². The molecule has 0 aromatic heterocycles. The van der Waals surface area contributed by atoms with Crippen LogP contribution in [0.5, 0.6) is 0 Å². The Morgan fingerprint density at radius 2 is 0.593 bits per heavy atom. The van der Waals surface area contributed by atoms with E-state index >= 15 is 0 Å². The summed E-state index contributed by atoms with van der Waals surface area (Å²) in [5, 5.41) is 9.76. The van der Waals surface area contributed by atoms with Gasteiger partial charge in [-0.25, -0.2) is 4.79 Å². The second kappa shape index (κ2) is 73.3. The molecule has 0 heterocycles. The quantitative estimate of drug-likeness (QED) is 0.0211. The van der Waals surface area contributed by atoms with E-state index in [1.807, 2.05) is 21.1 Å². The minimum Gasteiger partial charge on any atom is -0.477 e. The van der Waals surface area contributed by atoms with Gasteiger partial charge in [0.2, 0.25) is 0 Å². The summed E-state index contributed by atoms with van der Waals surface area (Å²) in [4.78, 5) is 37.7. The molecule has 1 N–H and O–H groups in total. The Balaban J connectivity index is 3.92. The van der Waals surface area contributed by atoms with Crippen LogP contribution in [0.4, 0.5) is 0 Å². The molecule has 0 saturated carbocycles. The molecule has 0 amide bonds. The number of esters is 2. The fraction of sp³-hybridized carbons (Fsp3) is 0.890. The number of carbonyl (C=O) groups excluding carboxylic acids is 2. The van der Waals surface area contributed by atoms with Gasteiger partial charge in [-0.15, -0.1) is 0 Å². The number of ether oxygens (including phenoxy) is 4. The number of rotatable bonds is 76. The third-order valence-corrected chi connectivity index (χ3v) is 18.4. The third-order valence-electron chi connectivity index (χ3n) is 18.4. The Kier molecular flexibility index (Phi) is 71.3. The van der Waals surface area contributed by atoms with Crippen LogP contribution >= 0.6 is 0 Å². The van der Waals surface area contributed by atoms with Crippen molar-refractivity contribution in [1.82, 2.24) is 0 Å². The number of carboxylic acid groups (broad SMARTS) is 1. The number of hydrogen-bond acceptors (Lipinski definition) is 7. The molecular formula is C82H156NO8+. The molecule has 536 valence electrons. The summed E-state index contributed by atoms with van der Waals surface area (Å²) in [7, 11) is 5.99.